The summed E-state index contributed by atoms with van der Waals surface area (Å²) in [5, 5.41) is 0.684. The molecule has 2 rings (SSSR count). The van der Waals surface area contributed by atoms with Crippen molar-refractivity contribution in [1.82, 2.24) is 0 Å². The third kappa shape index (κ3) is 4.01. The minimum atomic E-state index is 0.251. The topological polar surface area (TPSA) is 17.1 Å². The second-order valence-electron chi connectivity index (χ2n) is 4.33. The van der Waals surface area contributed by atoms with Crippen molar-refractivity contribution in [3.05, 3.63) is 70.7 Å². The number of carbonyl (C=O) groups excluding carboxylic acids is 1. The molecule has 0 aliphatic heterocycles. The molecule has 0 aliphatic rings. The standard InChI is InChI=1S/C16H15ClO/c17-15-8-4-7-14(11-15)12-16(18)10-9-13-5-2-1-3-6-13/h1-8,11H,9-10,12H2. The van der Waals surface area contributed by atoms with E-state index < -0.39 is 0 Å². The Morgan fingerprint density at radius 2 is 1.67 bits per heavy atom. The van der Waals surface area contributed by atoms with Crippen molar-refractivity contribution in [2.24, 2.45) is 0 Å². The van der Waals surface area contributed by atoms with Gasteiger partial charge in [-0.15, -0.1) is 0 Å². The SMILES string of the molecule is O=C(CCc1ccccc1)Cc1cccc(Cl)c1. The second kappa shape index (κ2) is 6.36. The Hall–Kier alpha value is -1.60. The summed E-state index contributed by atoms with van der Waals surface area (Å²) in [7, 11) is 0. The van der Waals surface area contributed by atoms with Crippen molar-refractivity contribution in [3.8, 4) is 0 Å². The van der Waals surface area contributed by atoms with Crippen LogP contribution in [0.4, 0.5) is 0 Å². The summed E-state index contributed by atoms with van der Waals surface area (Å²) in [6.45, 7) is 0. The van der Waals surface area contributed by atoms with E-state index in [9.17, 15) is 4.79 Å². The van der Waals surface area contributed by atoms with Crippen molar-refractivity contribution in [1.29, 1.82) is 0 Å². The van der Waals surface area contributed by atoms with Crippen molar-refractivity contribution < 1.29 is 4.79 Å². The number of aryl methyl sites for hydroxylation is 1. The van der Waals surface area contributed by atoms with E-state index in [1.807, 2.05) is 54.6 Å². The minimum Gasteiger partial charge on any atom is -0.299 e. The van der Waals surface area contributed by atoms with E-state index in [1.54, 1.807) is 0 Å². The number of hydrogen-bond donors (Lipinski definition) is 0. The molecule has 0 aliphatic carbocycles. The fraction of sp³-hybridized carbons (Fsp3) is 0.188. The van der Waals surface area contributed by atoms with E-state index in [4.69, 9.17) is 11.6 Å². The monoisotopic (exact) mass is 258 g/mol. The second-order valence-corrected chi connectivity index (χ2v) is 4.77. The van der Waals surface area contributed by atoms with Gasteiger partial charge in [-0.05, 0) is 29.7 Å². The van der Waals surface area contributed by atoms with Gasteiger partial charge in [0.05, 0.1) is 0 Å². The van der Waals surface area contributed by atoms with Gasteiger partial charge in [0.25, 0.3) is 0 Å². The van der Waals surface area contributed by atoms with Gasteiger partial charge >= 0.3 is 0 Å². The van der Waals surface area contributed by atoms with Gasteiger partial charge < -0.3 is 0 Å². The Balaban J connectivity index is 1.86. The largest absolute Gasteiger partial charge is 0.299 e. The molecule has 0 saturated carbocycles. The van der Waals surface area contributed by atoms with Crippen molar-refractivity contribution in [2.45, 2.75) is 19.3 Å². The first kappa shape index (κ1) is 12.8. The molecule has 92 valence electrons. The Bertz CT molecular complexity index is 520. The molecule has 0 aromatic heterocycles. The molecule has 1 nitrogen and oxygen atoms in total. The van der Waals surface area contributed by atoms with Crippen LogP contribution in [-0.4, -0.2) is 5.78 Å². The quantitative estimate of drug-likeness (QED) is 0.790. The van der Waals surface area contributed by atoms with Gasteiger partial charge in [0.1, 0.15) is 5.78 Å². The first-order valence-electron chi connectivity index (χ1n) is 6.04. The highest BCUT2D eigenvalue weighted by molar-refractivity contribution is 6.30. The van der Waals surface area contributed by atoms with Crippen molar-refractivity contribution >= 4 is 17.4 Å². The molecule has 0 radical (unpaired) electrons. The highest BCUT2D eigenvalue weighted by Crippen LogP contribution is 2.12. The molecule has 2 aromatic rings. The molecule has 0 N–H and O–H groups in total. The molecule has 0 saturated heterocycles. The lowest BCUT2D eigenvalue weighted by Gasteiger charge is -2.02. The average molecular weight is 259 g/mol. The average Bonchev–Trinajstić information content (AvgIpc) is 2.38. The summed E-state index contributed by atoms with van der Waals surface area (Å²) >= 11 is 5.89. The Labute approximate surface area is 112 Å². The first-order chi connectivity index (χ1) is 8.74. The smallest absolute Gasteiger partial charge is 0.137 e. The highest BCUT2D eigenvalue weighted by Gasteiger charge is 2.04. The number of Topliss-reactive ketones (excluding diaryl/α,β-unsaturated/α-hetero) is 1. The fourth-order valence-corrected chi connectivity index (χ4v) is 2.10. The van der Waals surface area contributed by atoms with E-state index in [2.05, 4.69) is 0 Å². The zero-order chi connectivity index (χ0) is 12.8. The van der Waals surface area contributed by atoms with Crippen LogP contribution in [0.1, 0.15) is 17.5 Å². The molecule has 0 bridgehead atoms. The van der Waals surface area contributed by atoms with Crippen LogP contribution in [0.5, 0.6) is 0 Å². The van der Waals surface area contributed by atoms with Crippen LogP contribution in [0.25, 0.3) is 0 Å². The van der Waals surface area contributed by atoms with Gasteiger partial charge in [-0.1, -0.05) is 54.1 Å². The summed E-state index contributed by atoms with van der Waals surface area (Å²) in [6, 6.07) is 17.6. The zero-order valence-corrected chi connectivity index (χ0v) is 10.9. The maximum atomic E-state index is 11.9. The lowest BCUT2D eigenvalue weighted by molar-refractivity contribution is -0.118. The molecule has 0 atom stereocenters. The zero-order valence-electron chi connectivity index (χ0n) is 10.1. The van der Waals surface area contributed by atoms with Gasteiger partial charge in [-0.3, -0.25) is 4.79 Å². The lowest BCUT2D eigenvalue weighted by atomic mass is 10.0. The van der Waals surface area contributed by atoms with Gasteiger partial charge in [0.2, 0.25) is 0 Å². The number of hydrogen-bond acceptors (Lipinski definition) is 1. The van der Waals surface area contributed by atoms with E-state index >= 15 is 0 Å². The third-order valence-corrected chi connectivity index (χ3v) is 3.06. The molecule has 0 heterocycles. The van der Waals surface area contributed by atoms with E-state index in [0.717, 1.165) is 12.0 Å². The van der Waals surface area contributed by atoms with Crippen molar-refractivity contribution in [3.63, 3.8) is 0 Å². The van der Waals surface area contributed by atoms with Crippen LogP contribution in [0.15, 0.2) is 54.6 Å². The molecule has 0 amide bonds. The number of halogens is 1. The van der Waals surface area contributed by atoms with Crippen LogP contribution < -0.4 is 0 Å². The Morgan fingerprint density at radius 3 is 2.39 bits per heavy atom. The van der Waals surface area contributed by atoms with E-state index in [1.165, 1.54) is 5.56 Å². The molecule has 2 heteroatoms. The molecular weight excluding hydrogens is 244 g/mol. The third-order valence-electron chi connectivity index (χ3n) is 2.83. The maximum absolute atomic E-state index is 11.9. The molecule has 0 unspecified atom stereocenters. The van der Waals surface area contributed by atoms with Crippen LogP contribution in [0.3, 0.4) is 0 Å². The molecule has 0 spiro atoms. The molecular formula is C16H15ClO. The molecule has 0 fully saturated rings. The Kier molecular flexibility index (Phi) is 4.54. The van der Waals surface area contributed by atoms with Crippen molar-refractivity contribution in [2.75, 3.05) is 0 Å². The van der Waals surface area contributed by atoms with Gasteiger partial charge in [0, 0.05) is 17.9 Å². The van der Waals surface area contributed by atoms with E-state index in [-0.39, 0.29) is 5.78 Å². The number of ketones is 1. The molecule has 2 aromatic carbocycles. The summed E-state index contributed by atoms with van der Waals surface area (Å²) in [4.78, 5) is 11.9. The highest BCUT2D eigenvalue weighted by atomic mass is 35.5. The predicted octanol–water partition coefficient (Wildman–Crippen LogP) is 4.08. The fourth-order valence-electron chi connectivity index (χ4n) is 1.89. The van der Waals surface area contributed by atoms with Crippen LogP contribution >= 0.6 is 11.6 Å². The van der Waals surface area contributed by atoms with Crippen LogP contribution in [0.2, 0.25) is 5.02 Å². The van der Waals surface area contributed by atoms with Gasteiger partial charge in [-0.2, -0.15) is 0 Å². The summed E-state index contributed by atoms with van der Waals surface area (Å²) < 4.78 is 0. The van der Waals surface area contributed by atoms with Gasteiger partial charge in [0.15, 0.2) is 0 Å². The van der Waals surface area contributed by atoms with Crippen LogP contribution in [-0.2, 0) is 17.6 Å². The number of benzene rings is 2. The summed E-state index contributed by atoms with van der Waals surface area (Å²) in [5.41, 5.74) is 2.19. The summed E-state index contributed by atoms with van der Waals surface area (Å²) in [6.07, 6.45) is 1.85. The van der Waals surface area contributed by atoms with E-state index in [0.29, 0.717) is 17.9 Å². The first-order valence-corrected chi connectivity index (χ1v) is 6.42. The predicted molar refractivity (Wildman–Crippen MR) is 74.9 cm³/mol. The van der Waals surface area contributed by atoms with Gasteiger partial charge in [-0.25, -0.2) is 0 Å². The number of rotatable bonds is 5. The minimum absolute atomic E-state index is 0.251. The Morgan fingerprint density at radius 1 is 0.944 bits per heavy atom. The normalized spacial score (nSPS) is 10.3. The summed E-state index contributed by atoms with van der Waals surface area (Å²) in [5.74, 6) is 0.251. The maximum Gasteiger partial charge on any atom is 0.137 e. The number of carbonyl (C=O) groups is 1. The molecule has 18 heavy (non-hydrogen) atoms. The lowest BCUT2D eigenvalue weighted by Crippen LogP contribution is -2.04. The van der Waals surface area contributed by atoms with Crippen LogP contribution in [0, 0.1) is 0 Å².